The normalized spacial score (nSPS) is 12.2. The molecule has 0 saturated heterocycles. The highest BCUT2D eigenvalue weighted by Crippen LogP contribution is 2.12. The highest BCUT2D eigenvalue weighted by atomic mass is 16.5. The molecule has 18 heavy (non-hydrogen) atoms. The van der Waals surface area contributed by atoms with Gasteiger partial charge in [-0.05, 0) is 19.9 Å². The topological polar surface area (TPSA) is 83.7 Å². The van der Waals surface area contributed by atoms with E-state index in [9.17, 15) is 9.90 Å². The number of amides is 2. The van der Waals surface area contributed by atoms with E-state index in [-0.39, 0.29) is 19.2 Å². The van der Waals surface area contributed by atoms with E-state index in [0.717, 1.165) is 17.1 Å². The summed E-state index contributed by atoms with van der Waals surface area (Å²) in [6.07, 6.45) is -0.696. The van der Waals surface area contributed by atoms with Crippen LogP contribution in [0.4, 0.5) is 4.79 Å². The van der Waals surface area contributed by atoms with E-state index in [1.54, 1.807) is 0 Å². The quantitative estimate of drug-likeness (QED) is 0.699. The summed E-state index contributed by atoms with van der Waals surface area (Å²) in [5, 5.41) is 14.6. The molecular formula is C12H20N2O4. The van der Waals surface area contributed by atoms with Crippen LogP contribution in [-0.4, -0.2) is 37.5 Å². The molecular weight excluding hydrogens is 236 g/mol. The van der Waals surface area contributed by atoms with Crippen molar-refractivity contribution in [3.8, 4) is 0 Å². The van der Waals surface area contributed by atoms with Crippen LogP contribution in [0.2, 0.25) is 0 Å². The minimum absolute atomic E-state index is 0.156. The van der Waals surface area contributed by atoms with Gasteiger partial charge in [0.15, 0.2) is 0 Å². The Bertz CT molecular complexity index is 389. The first kappa shape index (κ1) is 14.5. The Morgan fingerprint density at radius 2 is 2.22 bits per heavy atom. The average Bonchev–Trinajstić information content (AvgIpc) is 2.63. The van der Waals surface area contributed by atoms with Crippen LogP contribution in [0, 0.1) is 13.8 Å². The SMILES string of the molecule is COCC(O)CNC(=O)NCc1cc(C)oc1C. The Hall–Kier alpha value is -1.53. The third-order valence-corrected chi connectivity index (χ3v) is 2.44. The van der Waals surface area contributed by atoms with Gasteiger partial charge in [0.2, 0.25) is 0 Å². The van der Waals surface area contributed by atoms with Gasteiger partial charge in [-0.25, -0.2) is 4.79 Å². The van der Waals surface area contributed by atoms with Crippen molar-refractivity contribution in [1.29, 1.82) is 0 Å². The molecule has 0 saturated carbocycles. The molecule has 1 atom stereocenters. The number of carbonyl (C=O) groups is 1. The first-order valence-electron chi connectivity index (χ1n) is 5.77. The van der Waals surface area contributed by atoms with Crippen molar-refractivity contribution in [3.63, 3.8) is 0 Å². The van der Waals surface area contributed by atoms with Gasteiger partial charge in [0.1, 0.15) is 11.5 Å². The second kappa shape index (κ2) is 7.03. The fourth-order valence-electron chi connectivity index (χ4n) is 1.56. The number of hydrogen-bond donors (Lipinski definition) is 3. The molecule has 0 aromatic carbocycles. The molecule has 1 aromatic heterocycles. The van der Waals surface area contributed by atoms with Crippen molar-refractivity contribution in [1.82, 2.24) is 10.6 Å². The average molecular weight is 256 g/mol. The lowest BCUT2D eigenvalue weighted by Gasteiger charge is -2.11. The Kier molecular flexibility index (Phi) is 5.67. The van der Waals surface area contributed by atoms with E-state index in [0.29, 0.717) is 6.54 Å². The number of carbonyl (C=O) groups excluding carboxylic acids is 1. The minimum atomic E-state index is -0.696. The lowest BCUT2D eigenvalue weighted by molar-refractivity contribution is 0.0660. The van der Waals surface area contributed by atoms with E-state index >= 15 is 0 Å². The Balaban J connectivity index is 2.27. The molecule has 0 fully saturated rings. The predicted molar refractivity (Wildman–Crippen MR) is 66.3 cm³/mol. The second-order valence-electron chi connectivity index (χ2n) is 4.11. The van der Waals surface area contributed by atoms with E-state index in [1.807, 2.05) is 19.9 Å². The highest BCUT2D eigenvalue weighted by molar-refractivity contribution is 5.73. The van der Waals surface area contributed by atoms with Gasteiger partial charge in [-0.2, -0.15) is 0 Å². The lowest BCUT2D eigenvalue weighted by Crippen LogP contribution is -2.40. The molecule has 2 amide bonds. The van der Waals surface area contributed by atoms with Gasteiger partial charge in [-0.3, -0.25) is 0 Å². The van der Waals surface area contributed by atoms with Crippen LogP contribution in [0.25, 0.3) is 0 Å². The van der Waals surface area contributed by atoms with Crippen LogP contribution in [0.1, 0.15) is 17.1 Å². The minimum Gasteiger partial charge on any atom is -0.466 e. The number of urea groups is 1. The first-order valence-corrected chi connectivity index (χ1v) is 5.77. The Morgan fingerprint density at radius 3 is 2.78 bits per heavy atom. The molecule has 1 unspecified atom stereocenters. The maximum absolute atomic E-state index is 11.4. The van der Waals surface area contributed by atoms with Crippen molar-refractivity contribution >= 4 is 6.03 Å². The van der Waals surface area contributed by atoms with E-state index in [4.69, 9.17) is 9.15 Å². The molecule has 1 aromatic rings. The highest BCUT2D eigenvalue weighted by Gasteiger charge is 2.08. The second-order valence-corrected chi connectivity index (χ2v) is 4.11. The molecule has 1 heterocycles. The summed E-state index contributed by atoms with van der Waals surface area (Å²) in [4.78, 5) is 11.4. The summed E-state index contributed by atoms with van der Waals surface area (Å²) in [6, 6.07) is 1.55. The largest absolute Gasteiger partial charge is 0.466 e. The third kappa shape index (κ3) is 4.77. The van der Waals surface area contributed by atoms with E-state index in [2.05, 4.69) is 10.6 Å². The molecule has 6 nitrogen and oxygen atoms in total. The zero-order valence-electron chi connectivity index (χ0n) is 10.9. The molecule has 0 radical (unpaired) electrons. The number of aliphatic hydroxyl groups is 1. The predicted octanol–water partition coefficient (Wildman–Crippen LogP) is 0.703. The molecule has 0 spiro atoms. The molecule has 1 rings (SSSR count). The van der Waals surface area contributed by atoms with Gasteiger partial charge >= 0.3 is 6.03 Å². The zero-order chi connectivity index (χ0) is 13.5. The van der Waals surface area contributed by atoms with Crippen molar-refractivity contribution in [2.45, 2.75) is 26.5 Å². The molecule has 0 bridgehead atoms. The molecule has 0 aliphatic carbocycles. The van der Waals surface area contributed by atoms with Crippen molar-refractivity contribution in [3.05, 3.63) is 23.2 Å². The molecule has 102 valence electrons. The zero-order valence-corrected chi connectivity index (χ0v) is 10.9. The number of aryl methyl sites for hydroxylation is 2. The summed E-state index contributed by atoms with van der Waals surface area (Å²) in [5.74, 6) is 1.62. The van der Waals surface area contributed by atoms with Crippen LogP contribution in [0.15, 0.2) is 10.5 Å². The molecule has 3 N–H and O–H groups in total. The summed E-state index contributed by atoms with van der Waals surface area (Å²) in [6.45, 7) is 4.46. The van der Waals surface area contributed by atoms with Gasteiger partial charge in [0.25, 0.3) is 0 Å². The van der Waals surface area contributed by atoms with E-state index in [1.165, 1.54) is 7.11 Å². The number of nitrogens with one attached hydrogen (secondary N) is 2. The Morgan fingerprint density at radius 1 is 1.50 bits per heavy atom. The standard InChI is InChI=1S/C12H20N2O4/c1-8-4-10(9(2)18-8)5-13-12(16)14-6-11(15)7-17-3/h4,11,15H,5-7H2,1-3H3,(H2,13,14,16). The fourth-order valence-corrected chi connectivity index (χ4v) is 1.56. The number of ether oxygens (including phenoxy) is 1. The lowest BCUT2D eigenvalue weighted by atomic mass is 10.2. The molecule has 0 aliphatic rings. The molecule has 6 heteroatoms. The van der Waals surface area contributed by atoms with Crippen LogP contribution in [-0.2, 0) is 11.3 Å². The van der Waals surface area contributed by atoms with Crippen LogP contribution >= 0.6 is 0 Å². The fraction of sp³-hybridized carbons (Fsp3) is 0.583. The smallest absolute Gasteiger partial charge is 0.315 e. The van der Waals surface area contributed by atoms with Crippen molar-refractivity contribution < 1.29 is 19.1 Å². The summed E-state index contributed by atoms with van der Waals surface area (Å²) in [7, 11) is 1.49. The number of rotatable bonds is 6. The van der Waals surface area contributed by atoms with Crippen LogP contribution in [0.3, 0.4) is 0 Å². The summed E-state index contributed by atoms with van der Waals surface area (Å²) >= 11 is 0. The third-order valence-electron chi connectivity index (χ3n) is 2.44. The van der Waals surface area contributed by atoms with E-state index < -0.39 is 6.10 Å². The van der Waals surface area contributed by atoms with Crippen molar-refractivity contribution in [2.24, 2.45) is 0 Å². The monoisotopic (exact) mass is 256 g/mol. The number of methoxy groups -OCH3 is 1. The number of aliphatic hydroxyl groups excluding tert-OH is 1. The summed E-state index contributed by atoms with van der Waals surface area (Å²) < 4.78 is 10.1. The van der Waals surface area contributed by atoms with Crippen molar-refractivity contribution in [2.75, 3.05) is 20.3 Å². The van der Waals surface area contributed by atoms with Gasteiger partial charge < -0.3 is 24.9 Å². The summed E-state index contributed by atoms with van der Waals surface area (Å²) in [5.41, 5.74) is 0.945. The number of hydrogen-bond acceptors (Lipinski definition) is 4. The van der Waals surface area contributed by atoms with Crippen LogP contribution < -0.4 is 10.6 Å². The van der Waals surface area contributed by atoms with Gasteiger partial charge in [0, 0.05) is 25.8 Å². The maximum atomic E-state index is 11.4. The maximum Gasteiger partial charge on any atom is 0.315 e. The number of furan rings is 1. The Labute approximate surface area is 106 Å². The van der Waals surface area contributed by atoms with Gasteiger partial charge in [-0.15, -0.1) is 0 Å². The first-order chi connectivity index (χ1) is 8.52. The van der Waals surface area contributed by atoms with Crippen LogP contribution in [0.5, 0.6) is 0 Å². The van der Waals surface area contributed by atoms with Gasteiger partial charge in [-0.1, -0.05) is 0 Å². The molecule has 0 aliphatic heterocycles. The van der Waals surface area contributed by atoms with Gasteiger partial charge in [0.05, 0.1) is 12.7 Å².